The largest absolute Gasteiger partial charge is 0.481 e. The summed E-state index contributed by atoms with van der Waals surface area (Å²) in [5.41, 5.74) is 0. The summed E-state index contributed by atoms with van der Waals surface area (Å²) in [6.45, 7) is 0. The van der Waals surface area contributed by atoms with Crippen LogP contribution in [0.25, 0.3) is 0 Å². The highest BCUT2D eigenvalue weighted by molar-refractivity contribution is 5.75. The zero-order chi connectivity index (χ0) is 6.43. The van der Waals surface area contributed by atoms with Gasteiger partial charge >= 0.3 is 5.97 Å². The van der Waals surface area contributed by atoms with Crippen molar-refractivity contribution in [1.82, 2.24) is 0 Å². The van der Waals surface area contributed by atoms with Gasteiger partial charge in [-0.15, -0.1) is 0 Å². The molecule has 1 fully saturated rings. The molecule has 0 spiro atoms. The molecule has 9 heavy (non-hydrogen) atoms. The van der Waals surface area contributed by atoms with E-state index in [0.29, 0.717) is 11.8 Å². The second-order valence-electron chi connectivity index (χ2n) is 2.77. The zero-order valence-electron chi connectivity index (χ0n) is 4.95. The van der Waals surface area contributed by atoms with E-state index >= 15 is 0 Å². The van der Waals surface area contributed by atoms with Gasteiger partial charge in [0.05, 0.1) is 5.92 Å². The van der Waals surface area contributed by atoms with E-state index in [-0.39, 0.29) is 5.92 Å². The molecule has 0 heterocycles. The Morgan fingerprint density at radius 3 is 2.78 bits per heavy atom. The van der Waals surface area contributed by atoms with Gasteiger partial charge in [-0.1, -0.05) is 12.2 Å². The van der Waals surface area contributed by atoms with Crippen molar-refractivity contribution in [3.63, 3.8) is 0 Å². The maximum atomic E-state index is 10.3. The second-order valence-corrected chi connectivity index (χ2v) is 2.77. The summed E-state index contributed by atoms with van der Waals surface area (Å²) < 4.78 is 0. The van der Waals surface area contributed by atoms with E-state index < -0.39 is 5.97 Å². The van der Waals surface area contributed by atoms with Crippen molar-refractivity contribution in [2.45, 2.75) is 6.42 Å². The van der Waals surface area contributed by atoms with Gasteiger partial charge in [-0.3, -0.25) is 4.79 Å². The standard InChI is InChI=1S/C7H8O2/c8-7(9)6-4-2-1-3-5(4)6/h1-2,4-6H,3H2,(H,8,9)/t4?,5-,6?/m0/s1. The maximum absolute atomic E-state index is 10.3. The highest BCUT2D eigenvalue weighted by atomic mass is 16.4. The molecule has 0 aromatic rings. The van der Waals surface area contributed by atoms with Crippen LogP contribution in [0.4, 0.5) is 0 Å². The van der Waals surface area contributed by atoms with Crippen molar-refractivity contribution in [3.8, 4) is 0 Å². The van der Waals surface area contributed by atoms with Gasteiger partial charge in [-0.05, 0) is 18.3 Å². The normalized spacial score (nSPS) is 44.7. The predicted octanol–water partition coefficient (Wildman–Crippen LogP) is 0.893. The van der Waals surface area contributed by atoms with Crippen molar-refractivity contribution in [2.24, 2.45) is 17.8 Å². The molecule has 0 bridgehead atoms. The first-order chi connectivity index (χ1) is 4.30. The number of fused-ring (bicyclic) bond motifs is 1. The SMILES string of the molecule is O=C(O)C1C2C=CC[C@@H]21. The van der Waals surface area contributed by atoms with Crippen LogP contribution in [0.15, 0.2) is 12.2 Å². The lowest BCUT2D eigenvalue weighted by Gasteiger charge is -1.88. The van der Waals surface area contributed by atoms with E-state index in [4.69, 9.17) is 5.11 Å². The molecule has 2 aliphatic rings. The lowest BCUT2D eigenvalue weighted by Crippen LogP contribution is -2.00. The lowest BCUT2D eigenvalue weighted by atomic mass is 10.2. The van der Waals surface area contributed by atoms with E-state index in [9.17, 15) is 4.79 Å². The Labute approximate surface area is 53.2 Å². The van der Waals surface area contributed by atoms with Gasteiger partial charge in [0.2, 0.25) is 0 Å². The molecule has 2 unspecified atom stereocenters. The van der Waals surface area contributed by atoms with Crippen molar-refractivity contribution in [3.05, 3.63) is 12.2 Å². The Bertz CT molecular complexity index is 183. The minimum Gasteiger partial charge on any atom is -0.481 e. The molecule has 0 radical (unpaired) electrons. The van der Waals surface area contributed by atoms with Crippen LogP contribution in [-0.4, -0.2) is 11.1 Å². The smallest absolute Gasteiger partial charge is 0.307 e. The molecule has 1 saturated carbocycles. The molecule has 1 N–H and O–H groups in total. The Morgan fingerprint density at radius 2 is 2.44 bits per heavy atom. The van der Waals surface area contributed by atoms with Gasteiger partial charge in [-0.25, -0.2) is 0 Å². The molecule has 48 valence electrons. The van der Waals surface area contributed by atoms with E-state index in [1.807, 2.05) is 6.08 Å². The average molecular weight is 124 g/mol. The van der Waals surface area contributed by atoms with Gasteiger partial charge in [0, 0.05) is 0 Å². The number of carboxylic acids is 1. The summed E-state index contributed by atoms with van der Waals surface area (Å²) in [5.74, 6) is 0.203. The Balaban J connectivity index is 2.10. The van der Waals surface area contributed by atoms with Crippen molar-refractivity contribution < 1.29 is 9.90 Å². The predicted molar refractivity (Wildman–Crippen MR) is 31.9 cm³/mol. The minimum atomic E-state index is -0.616. The van der Waals surface area contributed by atoms with Crippen LogP contribution in [0.3, 0.4) is 0 Å². The Hall–Kier alpha value is -0.790. The summed E-state index contributed by atoms with van der Waals surface area (Å²) >= 11 is 0. The number of allylic oxidation sites excluding steroid dienone is 2. The highest BCUT2D eigenvalue weighted by Crippen LogP contribution is 2.53. The first kappa shape index (κ1) is 5.03. The number of hydrogen-bond acceptors (Lipinski definition) is 1. The summed E-state index contributed by atoms with van der Waals surface area (Å²) in [6, 6.07) is 0. The van der Waals surface area contributed by atoms with Crippen LogP contribution in [0.1, 0.15) is 6.42 Å². The average Bonchev–Trinajstić information content (AvgIpc) is 2.30. The van der Waals surface area contributed by atoms with Crippen LogP contribution >= 0.6 is 0 Å². The summed E-state index contributed by atoms with van der Waals surface area (Å²) in [6.07, 6.45) is 5.10. The van der Waals surface area contributed by atoms with Crippen LogP contribution in [0.5, 0.6) is 0 Å². The molecule has 0 aromatic heterocycles. The third kappa shape index (κ3) is 0.530. The van der Waals surface area contributed by atoms with Crippen molar-refractivity contribution in [1.29, 1.82) is 0 Å². The first-order valence-corrected chi connectivity index (χ1v) is 3.20. The Morgan fingerprint density at radius 1 is 1.67 bits per heavy atom. The molecule has 2 heteroatoms. The van der Waals surface area contributed by atoms with Gasteiger partial charge < -0.3 is 5.11 Å². The highest BCUT2D eigenvalue weighted by Gasteiger charge is 2.54. The van der Waals surface area contributed by atoms with E-state index in [1.54, 1.807) is 0 Å². The zero-order valence-corrected chi connectivity index (χ0v) is 4.95. The number of hydrogen-bond donors (Lipinski definition) is 1. The van der Waals surface area contributed by atoms with Crippen molar-refractivity contribution >= 4 is 5.97 Å². The molecule has 0 amide bonds. The number of rotatable bonds is 1. The third-order valence-electron chi connectivity index (χ3n) is 2.28. The fourth-order valence-electron chi connectivity index (χ4n) is 1.71. The van der Waals surface area contributed by atoms with Crippen LogP contribution in [0, 0.1) is 17.8 Å². The summed E-state index contributed by atoms with van der Waals surface area (Å²) in [4.78, 5) is 10.3. The molecular weight excluding hydrogens is 116 g/mol. The number of carboxylic acid groups (broad SMARTS) is 1. The second kappa shape index (κ2) is 1.38. The molecular formula is C7H8O2. The molecule has 0 aliphatic heterocycles. The van der Waals surface area contributed by atoms with E-state index in [0.717, 1.165) is 6.42 Å². The summed E-state index contributed by atoms with van der Waals surface area (Å²) in [5, 5.41) is 8.53. The molecule has 0 saturated heterocycles. The number of aliphatic carboxylic acids is 1. The quantitative estimate of drug-likeness (QED) is 0.527. The fourth-order valence-corrected chi connectivity index (χ4v) is 1.71. The molecule has 2 aliphatic carbocycles. The molecule has 2 rings (SSSR count). The fraction of sp³-hybridized carbons (Fsp3) is 0.571. The van der Waals surface area contributed by atoms with Crippen LogP contribution in [-0.2, 0) is 4.79 Å². The first-order valence-electron chi connectivity index (χ1n) is 3.20. The van der Waals surface area contributed by atoms with Crippen LogP contribution in [0.2, 0.25) is 0 Å². The maximum Gasteiger partial charge on any atom is 0.307 e. The molecule has 3 atom stereocenters. The van der Waals surface area contributed by atoms with E-state index in [1.165, 1.54) is 0 Å². The topological polar surface area (TPSA) is 37.3 Å². The summed E-state index contributed by atoms with van der Waals surface area (Å²) in [7, 11) is 0. The van der Waals surface area contributed by atoms with Crippen LogP contribution < -0.4 is 0 Å². The van der Waals surface area contributed by atoms with Gasteiger partial charge in [0.15, 0.2) is 0 Å². The third-order valence-corrected chi connectivity index (χ3v) is 2.28. The van der Waals surface area contributed by atoms with Crippen molar-refractivity contribution in [2.75, 3.05) is 0 Å². The monoisotopic (exact) mass is 124 g/mol. The minimum absolute atomic E-state index is 0.0324. The van der Waals surface area contributed by atoms with Gasteiger partial charge in [-0.2, -0.15) is 0 Å². The van der Waals surface area contributed by atoms with Gasteiger partial charge in [0.25, 0.3) is 0 Å². The Kier molecular flexibility index (Phi) is 0.770. The van der Waals surface area contributed by atoms with E-state index in [2.05, 4.69) is 6.08 Å². The van der Waals surface area contributed by atoms with Gasteiger partial charge in [0.1, 0.15) is 0 Å². The molecule has 0 aromatic carbocycles. The lowest BCUT2D eigenvalue weighted by molar-refractivity contribution is -0.139. The molecule has 2 nitrogen and oxygen atoms in total. The number of carbonyl (C=O) groups is 1.